The first-order valence-corrected chi connectivity index (χ1v) is 15.5. The minimum absolute atomic E-state index is 0.00317. The van der Waals surface area contributed by atoms with Gasteiger partial charge in [-0.25, -0.2) is 4.79 Å². The molecule has 0 aromatic heterocycles. The summed E-state index contributed by atoms with van der Waals surface area (Å²) in [6, 6.07) is 17.9. The second kappa shape index (κ2) is 18.0. The van der Waals surface area contributed by atoms with E-state index in [2.05, 4.69) is 21.3 Å². The molecular weight excluding hydrogens is 642 g/mol. The Labute approximate surface area is 282 Å². The topological polar surface area (TPSA) is 200 Å². The number of nitrogens with zero attached hydrogens (tertiary/aromatic N) is 1. The third-order valence-electron chi connectivity index (χ3n) is 7.02. The van der Waals surface area contributed by atoms with Crippen LogP contribution < -0.4 is 21.3 Å². The predicted octanol–water partition coefficient (Wildman–Crippen LogP) is 4.84. The Balaban J connectivity index is 1.61. The minimum Gasteiger partial charge on any atom is -0.481 e. The number of rotatable bonds is 18. The summed E-state index contributed by atoms with van der Waals surface area (Å²) >= 11 is 5.91. The molecule has 13 nitrogen and oxygen atoms in total. The average Bonchev–Trinajstić information content (AvgIpc) is 3.01. The highest BCUT2D eigenvalue weighted by Crippen LogP contribution is 2.18. The summed E-state index contributed by atoms with van der Waals surface area (Å²) in [6.07, 6.45) is 1.31. The fourth-order valence-electron chi connectivity index (χ4n) is 4.69. The normalized spacial score (nSPS) is 12.5. The van der Waals surface area contributed by atoms with E-state index in [1.807, 2.05) is 13.8 Å². The van der Waals surface area contributed by atoms with E-state index in [-0.39, 0.29) is 37.4 Å². The van der Waals surface area contributed by atoms with Gasteiger partial charge in [0.2, 0.25) is 11.8 Å². The zero-order valence-electron chi connectivity index (χ0n) is 26.4. The molecule has 0 aliphatic heterocycles. The van der Waals surface area contributed by atoms with Gasteiger partial charge in [0.1, 0.15) is 12.1 Å². The number of nitrogens with one attached hydrogen (secondary N) is 4. The second-order valence-corrected chi connectivity index (χ2v) is 12.0. The molecule has 0 saturated heterocycles. The maximum atomic E-state index is 13.2. The van der Waals surface area contributed by atoms with E-state index < -0.39 is 40.8 Å². The summed E-state index contributed by atoms with van der Waals surface area (Å²) in [6.45, 7) is 3.75. The molecule has 48 heavy (non-hydrogen) atoms. The molecule has 14 heteroatoms. The molecule has 2 amide bonds. The number of carbonyl (C=O) groups excluding carboxylic acids is 2. The van der Waals surface area contributed by atoms with E-state index in [1.165, 1.54) is 0 Å². The minimum atomic E-state index is -1.25. The summed E-state index contributed by atoms with van der Waals surface area (Å²) in [4.78, 5) is 59.6. The average molecular weight is 680 g/mol. The van der Waals surface area contributed by atoms with Crippen molar-refractivity contribution in [3.8, 4) is 0 Å². The van der Waals surface area contributed by atoms with Gasteiger partial charge in [-0.15, -0.1) is 0 Å². The van der Waals surface area contributed by atoms with Crippen LogP contribution in [0.4, 0.5) is 11.4 Å². The number of aliphatic carboxylic acids is 2. The molecule has 0 bridgehead atoms. The van der Waals surface area contributed by atoms with Crippen molar-refractivity contribution in [1.82, 2.24) is 10.6 Å². The molecule has 6 N–H and O–H groups in total. The van der Waals surface area contributed by atoms with Gasteiger partial charge in [0.25, 0.3) is 6.20 Å². The lowest BCUT2D eigenvalue weighted by Gasteiger charge is -2.23. The molecular formula is C34H38ClN5O8. The van der Waals surface area contributed by atoms with Crippen molar-refractivity contribution in [3.05, 3.63) is 117 Å². The predicted molar refractivity (Wildman–Crippen MR) is 181 cm³/mol. The van der Waals surface area contributed by atoms with Crippen LogP contribution in [-0.4, -0.2) is 51.0 Å². The number of anilines is 2. The summed E-state index contributed by atoms with van der Waals surface area (Å²) in [5, 5.41) is 41.5. The van der Waals surface area contributed by atoms with Crippen molar-refractivity contribution in [3.63, 3.8) is 0 Å². The van der Waals surface area contributed by atoms with Crippen LogP contribution in [0, 0.1) is 16.0 Å². The molecule has 2 atom stereocenters. The monoisotopic (exact) mass is 679 g/mol. The van der Waals surface area contributed by atoms with Crippen LogP contribution in [0.5, 0.6) is 0 Å². The molecule has 2 unspecified atom stereocenters. The Morgan fingerprint density at radius 1 is 0.812 bits per heavy atom. The van der Waals surface area contributed by atoms with Gasteiger partial charge in [-0.1, -0.05) is 61.8 Å². The number of aryl methyl sites for hydroxylation is 1. The van der Waals surface area contributed by atoms with Gasteiger partial charge in [-0.05, 0) is 71.8 Å². The van der Waals surface area contributed by atoms with Crippen LogP contribution in [0.25, 0.3) is 0 Å². The highest BCUT2D eigenvalue weighted by molar-refractivity contribution is 6.30. The maximum Gasteiger partial charge on any atom is 0.326 e. The van der Waals surface area contributed by atoms with E-state index in [0.29, 0.717) is 33.9 Å². The van der Waals surface area contributed by atoms with E-state index >= 15 is 0 Å². The number of carbonyl (C=O) groups is 4. The van der Waals surface area contributed by atoms with Crippen molar-refractivity contribution >= 4 is 46.7 Å². The van der Waals surface area contributed by atoms with E-state index in [9.17, 15) is 34.4 Å². The molecule has 0 aliphatic carbocycles. The van der Waals surface area contributed by atoms with Gasteiger partial charge < -0.3 is 31.5 Å². The molecule has 0 radical (unpaired) electrons. The van der Waals surface area contributed by atoms with Gasteiger partial charge in [0.15, 0.2) is 5.82 Å². The third kappa shape index (κ3) is 13.1. The standard InChI is InChI=1S/C34H38ClN5O8/c1-21(2)17-28(33(44)39-29(34(45)46)18-23-5-3-22(4-6-23)9-16-32(42)43)38-31(41)19-24-7-12-26(13-8-24)36-30(20-40(47)48)37-27-14-10-25(35)11-15-27/h3-8,10-15,20-21,28-29,36-37H,9,16-19H2,1-2H3,(H,38,41)(H,39,44)(H,42,43)(H,45,46)/b30-20+. The van der Waals surface area contributed by atoms with Gasteiger partial charge >= 0.3 is 11.9 Å². The largest absolute Gasteiger partial charge is 0.481 e. The summed E-state index contributed by atoms with van der Waals surface area (Å²) in [7, 11) is 0. The van der Waals surface area contributed by atoms with Crippen LogP contribution in [-0.2, 0) is 38.4 Å². The second-order valence-electron chi connectivity index (χ2n) is 11.5. The van der Waals surface area contributed by atoms with Gasteiger partial charge in [0.05, 0.1) is 11.3 Å². The lowest BCUT2D eigenvalue weighted by atomic mass is 10.00. The number of carboxylic acids is 2. The molecule has 0 spiro atoms. The number of hydrogen-bond donors (Lipinski definition) is 6. The molecule has 254 valence electrons. The lowest BCUT2D eigenvalue weighted by Crippen LogP contribution is -2.52. The SMILES string of the molecule is CC(C)CC(NC(=O)Cc1ccc(N/C(=C\[N+](=O)[O-])Nc2ccc(Cl)cc2)cc1)C(=O)NC(Cc1ccc(CCC(=O)O)cc1)C(=O)O. The quantitative estimate of drug-likeness (QED) is 0.0798. The first kappa shape index (κ1) is 37.0. The molecule has 3 aromatic carbocycles. The van der Waals surface area contributed by atoms with E-state index in [4.69, 9.17) is 16.7 Å². The summed E-state index contributed by atoms with van der Waals surface area (Å²) < 4.78 is 0. The molecule has 0 heterocycles. The first-order chi connectivity index (χ1) is 22.8. The number of benzene rings is 3. The number of amides is 2. The Hall–Kier alpha value is -5.43. The Bertz CT molecular complexity index is 1610. The van der Waals surface area contributed by atoms with Crippen molar-refractivity contribution in [2.24, 2.45) is 5.92 Å². The highest BCUT2D eigenvalue weighted by Gasteiger charge is 2.27. The highest BCUT2D eigenvalue weighted by atomic mass is 35.5. The molecule has 0 aliphatic rings. The van der Waals surface area contributed by atoms with E-state index in [0.717, 1.165) is 11.8 Å². The molecule has 0 fully saturated rings. The summed E-state index contributed by atoms with van der Waals surface area (Å²) in [5.74, 6) is -3.11. The number of halogens is 1. The van der Waals surface area contributed by atoms with Crippen LogP contribution >= 0.6 is 11.6 Å². The molecule has 3 rings (SSSR count). The van der Waals surface area contributed by atoms with Crippen molar-refractivity contribution in [2.75, 3.05) is 10.6 Å². The van der Waals surface area contributed by atoms with Crippen molar-refractivity contribution in [1.29, 1.82) is 0 Å². The fourth-order valence-corrected chi connectivity index (χ4v) is 4.81. The Kier molecular flexibility index (Phi) is 13.9. The molecule has 3 aromatic rings. The zero-order valence-corrected chi connectivity index (χ0v) is 27.2. The van der Waals surface area contributed by atoms with Gasteiger partial charge in [-0.3, -0.25) is 24.5 Å². The Morgan fingerprint density at radius 3 is 1.88 bits per heavy atom. The van der Waals surface area contributed by atoms with Gasteiger partial charge in [0, 0.05) is 29.2 Å². The Morgan fingerprint density at radius 2 is 1.35 bits per heavy atom. The van der Waals surface area contributed by atoms with Gasteiger partial charge in [-0.2, -0.15) is 0 Å². The van der Waals surface area contributed by atoms with Crippen LogP contribution in [0.15, 0.2) is 84.8 Å². The fraction of sp³-hybridized carbons (Fsp3) is 0.294. The first-order valence-electron chi connectivity index (χ1n) is 15.1. The van der Waals surface area contributed by atoms with Crippen LogP contribution in [0.1, 0.15) is 43.4 Å². The van der Waals surface area contributed by atoms with E-state index in [1.54, 1.807) is 72.8 Å². The maximum absolute atomic E-state index is 13.2. The third-order valence-corrected chi connectivity index (χ3v) is 7.27. The number of carboxylic acid groups (broad SMARTS) is 2. The van der Waals surface area contributed by atoms with Crippen LogP contribution in [0.2, 0.25) is 5.02 Å². The van der Waals surface area contributed by atoms with Crippen LogP contribution in [0.3, 0.4) is 0 Å². The van der Waals surface area contributed by atoms with Crippen molar-refractivity contribution in [2.45, 2.75) is 58.0 Å². The zero-order chi connectivity index (χ0) is 35.2. The summed E-state index contributed by atoms with van der Waals surface area (Å²) in [5.41, 5.74) is 3.14. The number of nitro groups is 1. The lowest BCUT2D eigenvalue weighted by molar-refractivity contribution is -0.403. The number of hydrogen-bond acceptors (Lipinski definition) is 8. The smallest absolute Gasteiger partial charge is 0.326 e. The molecule has 0 saturated carbocycles. The van der Waals surface area contributed by atoms with Crippen molar-refractivity contribution < 1.29 is 34.3 Å².